The molecule has 5 nitrogen and oxygen atoms in total. The summed E-state index contributed by atoms with van der Waals surface area (Å²) in [6.45, 7) is 5.87. The van der Waals surface area contributed by atoms with Crippen molar-refractivity contribution in [2.75, 3.05) is 36.0 Å². The normalized spacial score (nSPS) is 16.9. The standard InChI is InChI=1S/C16H21N5/c1-13(17)15-6-5-14(12-19-15)20-8-10-21(11-9-20)16-4-2-3-7-18-16/h2-7,12-13H,8-11,17H2,1H3/t13-/m1/s1. The van der Waals surface area contributed by atoms with Gasteiger partial charge < -0.3 is 15.5 Å². The molecule has 0 amide bonds. The van der Waals surface area contributed by atoms with E-state index in [1.165, 1.54) is 5.69 Å². The first-order valence-electron chi connectivity index (χ1n) is 7.36. The summed E-state index contributed by atoms with van der Waals surface area (Å²) in [4.78, 5) is 13.5. The van der Waals surface area contributed by atoms with Gasteiger partial charge in [0.2, 0.25) is 0 Å². The maximum Gasteiger partial charge on any atom is 0.128 e. The third kappa shape index (κ3) is 3.13. The highest BCUT2D eigenvalue weighted by molar-refractivity contribution is 5.48. The number of pyridine rings is 2. The van der Waals surface area contributed by atoms with Crippen LogP contribution < -0.4 is 15.5 Å². The van der Waals surface area contributed by atoms with Crippen molar-refractivity contribution in [1.82, 2.24) is 9.97 Å². The van der Waals surface area contributed by atoms with Crippen LogP contribution in [0.2, 0.25) is 0 Å². The molecular weight excluding hydrogens is 262 g/mol. The molecular formula is C16H21N5. The fourth-order valence-electron chi connectivity index (χ4n) is 2.59. The van der Waals surface area contributed by atoms with Crippen molar-refractivity contribution in [3.05, 3.63) is 48.4 Å². The molecule has 1 fully saturated rings. The van der Waals surface area contributed by atoms with Crippen molar-refractivity contribution in [2.45, 2.75) is 13.0 Å². The highest BCUT2D eigenvalue weighted by Gasteiger charge is 2.18. The van der Waals surface area contributed by atoms with Crippen molar-refractivity contribution >= 4 is 11.5 Å². The van der Waals surface area contributed by atoms with E-state index in [-0.39, 0.29) is 6.04 Å². The van der Waals surface area contributed by atoms with Gasteiger partial charge in [-0.3, -0.25) is 4.98 Å². The molecule has 2 aromatic heterocycles. The van der Waals surface area contributed by atoms with E-state index < -0.39 is 0 Å². The fourth-order valence-corrected chi connectivity index (χ4v) is 2.59. The quantitative estimate of drug-likeness (QED) is 0.931. The summed E-state index contributed by atoms with van der Waals surface area (Å²) in [5.41, 5.74) is 7.94. The lowest BCUT2D eigenvalue weighted by Crippen LogP contribution is -2.46. The molecule has 1 saturated heterocycles. The van der Waals surface area contributed by atoms with Crippen molar-refractivity contribution in [3.8, 4) is 0 Å². The summed E-state index contributed by atoms with van der Waals surface area (Å²) in [6.07, 6.45) is 3.77. The largest absolute Gasteiger partial charge is 0.367 e. The van der Waals surface area contributed by atoms with Gasteiger partial charge in [0.25, 0.3) is 0 Å². The average Bonchev–Trinajstić information content (AvgIpc) is 2.56. The first-order valence-corrected chi connectivity index (χ1v) is 7.36. The van der Waals surface area contributed by atoms with Crippen LogP contribution in [0.15, 0.2) is 42.7 Å². The molecule has 3 heterocycles. The lowest BCUT2D eigenvalue weighted by atomic mass is 10.2. The van der Waals surface area contributed by atoms with Crippen LogP contribution in [0.3, 0.4) is 0 Å². The van der Waals surface area contributed by atoms with E-state index in [1.807, 2.05) is 37.5 Å². The zero-order valence-electron chi connectivity index (χ0n) is 12.3. The smallest absolute Gasteiger partial charge is 0.128 e. The molecule has 0 bridgehead atoms. The Morgan fingerprint density at radius 2 is 1.76 bits per heavy atom. The summed E-state index contributed by atoms with van der Waals surface area (Å²) in [6, 6.07) is 10.2. The molecule has 21 heavy (non-hydrogen) atoms. The van der Waals surface area contributed by atoms with Gasteiger partial charge in [-0.15, -0.1) is 0 Å². The second-order valence-electron chi connectivity index (χ2n) is 5.39. The molecule has 0 radical (unpaired) electrons. The summed E-state index contributed by atoms with van der Waals surface area (Å²) in [5, 5.41) is 0. The molecule has 0 aliphatic carbocycles. The molecule has 1 aliphatic rings. The molecule has 3 rings (SSSR count). The third-order valence-electron chi connectivity index (χ3n) is 3.86. The van der Waals surface area contributed by atoms with Crippen molar-refractivity contribution in [2.24, 2.45) is 5.73 Å². The number of aromatic nitrogens is 2. The summed E-state index contributed by atoms with van der Waals surface area (Å²) in [7, 11) is 0. The fraction of sp³-hybridized carbons (Fsp3) is 0.375. The number of anilines is 2. The molecule has 1 atom stereocenters. The maximum absolute atomic E-state index is 5.84. The van der Waals surface area contributed by atoms with Crippen LogP contribution in [-0.4, -0.2) is 36.1 Å². The maximum atomic E-state index is 5.84. The van der Waals surface area contributed by atoms with E-state index in [0.717, 1.165) is 37.7 Å². The highest BCUT2D eigenvalue weighted by Crippen LogP contribution is 2.19. The van der Waals surface area contributed by atoms with E-state index in [9.17, 15) is 0 Å². The van der Waals surface area contributed by atoms with Crippen LogP contribution in [0, 0.1) is 0 Å². The zero-order valence-corrected chi connectivity index (χ0v) is 12.3. The van der Waals surface area contributed by atoms with Gasteiger partial charge in [-0.2, -0.15) is 0 Å². The Labute approximate surface area is 125 Å². The minimum absolute atomic E-state index is 0.0138. The molecule has 5 heteroatoms. The van der Waals surface area contributed by atoms with Crippen LogP contribution in [0.5, 0.6) is 0 Å². The molecule has 110 valence electrons. The van der Waals surface area contributed by atoms with E-state index in [4.69, 9.17) is 5.73 Å². The second kappa shape index (κ2) is 6.10. The predicted octanol–water partition coefficient (Wildman–Crippen LogP) is 1.82. The third-order valence-corrected chi connectivity index (χ3v) is 3.86. The Balaban J connectivity index is 1.63. The van der Waals surface area contributed by atoms with Crippen LogP contribution in [-0.2, 0) is 0 Å². The molecule has 2 aromatic rings. The average molecular weight is 283 g/mol. The molecule has 1 aliphatic heterocycles. The summed E-state index contributed by atoms with van der Waals surface area (Å²) < 4.78 is 0. The van der Waals surface area contributed by atoms with Crippen LogP contribution in [0.4, 0.5) is 11.5 Å². The molecule has 0 aromatic carbocycles. The number of hydrogen-bond donors (Lipinski definition) is 1. The van der Waals surface area contributed by atoms with Gasteiger partial charge in [-0.25, -0.2) is 4.98 Å². The van der Waals surface area contributed by atoms with Gasteiger partial charge in [-0.05, 0) is 31.2 Å². The minimum atomic E-state index is -0.0138. The zero-order chi connectivity index (χ0) is 14.7. The Bertz CT molecular complexity index is 559. The van der Waals surface area contributed by atoms with Gasteiger partial charge in [-0.1, -0.05) is 6.07 Å². The van der Waals surface area contributed by atoms with Gasteiger partial charge in [0.1, 0.15) is 5.82 Å². The summed E-state index contributed by atoms with van der Waals surface area (Å²) >= 11 is 0. The van der Waals surface area contributed by atoms with Gasteiger partial charge in [0, 0.05) is 38.4 Å². The van der Waals surface area contributed by atoms with Crippen LogP contribution in [0.25, 0.3) is 0 Å². The second-order valence-corrected chi connectivity index (χ2v) is 5.39. The number of hydrogen-bond acceptors (Lipinski definition) is 5. The summed E-state index contributed by atoms with van der Waals surface area (Å²) in [5.74, 6) is 1.06. The molecule has 0 unspecified atom stereocenters. The lowest BCUT2D eigenvalue weighted by molar-refractivity contribution is 0.646. The Hall–Kier alpha value is -2.14. The monoisotopic (exact) mass is 283 g/mol. The van der Waals surface area contributed by atoms with Gasteiger partial charge in [0.15, 0.2) is 0 Å². The first-order chi connectivity index (χ1) is 10.2. The van der Waals surface area contributed by atoms with Crippen molar-refractivity contribution < 1.29 is 0 Å². The molecule has 0 saturated carbocycles. The number of piperazine rings is 1. The predicted molar refractivity (Wildman–Crippen MR) is 85.5 cm³/mol. The number of nitrogens with two attached hydrogens (primary N) is 1. The van der Waals surface area contributed by atoms with E-state index in [0.29, 0.717) is 0 Å². The highest BCUT2D eigenvalue weighted by atomic mass is 15.3. The van der Waals surface area contributed by atoms with Crippen molar-refractivity contribution in [1.29, 1.82) is 0 Å². The van der Waals surface area contributed by atoms with Gasteiger partial charge >= 0.3 is 0 Å². The van der Waals surface area contributed by atoms with Crippen LogP contribution in [0.1, 0.15) is 18.7 Å². The Morgan fingerprint density at radius 3 is 2.33 bits per heavy atom. The van der Waals surface area contributed by atoms with Crippen LogP contribution >= 0.6 is 0 Å². The number of nitrogens with zero attached hydrogens (tertiary/aromatic N) is 4. The molecule has 0 spiro atoms. The van der Waals surface area contributed by atoms with Gasteiger partial charge in [0.05, 0.1) is 17.6 Å². The Morgan fingerprint density at radius 1 is 1.00 bits per heavy atom. The topological polar surface area (TPSA) is 58.3 Å². The molecule has 2 N–H and O–H groups in total. The van der Waals surface area contributed by atoms with E-state index in [1.54, 1.807) is 0 Å². The minimum Gasteiger partial charge on any atom is -0.367 e. The Kier molecular flexibility index (Phi) is 4.01. The first kappa shape index (κ1) is 13.8. The van der Waals surface area contributed by atoms with E-state index >= 15 is 0 Å². The number of rotatable bonds is 3. The SMILES string of the molecule is C[C@@H](N)c1ccc(N2CCN(c3ccccn3)CC2)cn1. The van der Waals surface area contributed by atoms with E-state index in [2.05, 4.69) is 31.9 Å². The van der Waals surface area contributed by atoms with Crippen molar-refractivity contribution in [3.63, 3.8) is 0 Å². The lowest BCUT2D eigenvalue weighted by Gasteiger charge is -2.36.